The zero-order valence-electron chi connectivity index (χ0n) is 12.6. The highest BCUT2D eigenvalue weighted by molar-refractivity contribution is 7.80. The summed E-state index contributed by atoms with van der Waals surface area (Å²) < 4.78 is 15.9. The molecule has 0 bridgehead atoms. The maximum Gasteiger partial charge on any atom is 0.0700 e. The van der Waals surface area contributed by atoms with E-state index in [-0.39, 0.29) is 0 Å². The molecule has 3 nitrogen and oxygen atoms in total. The Bertz CT molecular complexity index is 140. The minimum Gasteiger partial charge on any atom is -0.385 e. The lowest BCUT2D eigenvalue weighted by Crippen LogP contribution is -2.07. The van der Waals surface area contributed by atoms with E-state index in [0.29, 0.717) is 6.61 Å². The first-order valence-electron chi connectivity index (χ1n) is 7.67. The summed E-state index contributed by atoms with van der Waals surface area (Å²) >= 11 is 4.21. The highest BCUT2D eigenvalue weighted by Gasteiger charge is 1.93. The van der Waals surface area contributed by atoms with E-state index in [2.05, 4.69) is 12.6 Å². The number of unbranched alkanes of at least 4 members (excludes halogenated alkanes) is 6. The molecule has 0 N–H and O–H groups in total. The fraction of sp³-hybridized carbons (Fsp3) is 1.00. The average molecular weight is 292 g/mol. The molecule has 0 aliphatic rings. The van der Waals surface area contributed by atoms with Crippen LogP contribution in [0.25, 0.3) is 0 Å². The Morgan fingerprint density at radius 2 is 1.11 bits per heavy atom. The smallest absolute Gasteiger partial charge is 0.0700 e. The monoisotopic (exact) mass is 292 g/mol. The predicted octanol–water partition coefficient (Wildman–Crippen LogP) is 3.72. The summed E-state index contributed by atoms with van der Waals surface area (Å²) in [7, 11) is 1.71. The lowest BCUT2D eigenvalue weighted by atomic mass is 10.1. The molecule has 0 fully saturated rings. The van der Waals surface area contributed by atoms with Crippen molar-refractivity contribution in [3.8, 4) is 0 Å². The van der Waals surface area contributed by atoms with Crippen molar-refractivity contribution < 1.29 is 14.2 Å². The number of ether oxygens (including phenoxy) is 3. The second kappa shape index (κ2) is 18.2. The van der Waals surface area contributed by atoms with E-state index in [0.717, 1.165) is 38.6 Å². The molecule has 0 aromatic carbocycles. The van der Waals surface area contributed by atoms with Crippen LogP contribution in [0.1, 0.15) is 51.4 Å². The number of rotatable bonds is 16. The first kappa shape index (κ1) is 19.2. The topological polar surface area (TPSA) is 27.7 Å². The quantitative estimate of drug-likeness (QED) is 0.347. The van der Waals surface area contributed by atoms with Gasteiger partial charge in [0.05, 0.1) is 13.2 Å². The molecular weight excluding hydrogens is 260 g/mol. The van der Waals surface area contributed by atoms with Crippen molar-refractivity contribution in [3.05, 3.63) is 0 Å². The van der Waals surface area contributed by atoms with Gasteiger partial charge < -0.3 is 14.2 Å². The van der Waals surface area contributed by atoms with Crippen LogP contribution in [0.5, 0.6) is 0 Å². The minimum absolute atomic E-state index is 0.702. The lowest BCUT2D eigenvalue weighted by molar-refractivity contribution is 0.0387. The maximum absolute atomic E-state index is 5.52. The lowest BCUT2D eigenvalue weighted by Gasteiger charge is -2.05. The molecular formula is C15H32O3S. The number of methoxy groups -OCH3 is 1. The van der Waals surface area contributed by atoms with Gasteiger partial charge in [-0.25, -0.2) is 0 Å². The van der Waals surface area contributed by atoms with E-state index >= 15 is 0 Å². The largest absolute Gasteiger partial charge is 0.385 e. The van der Waals surface area contributed by atoms with Crippen LogP contribution in [-0.4, -0.2) is 45.9 Å². The average Bonchev–Trinajstić information content (AvgIpc) is 2.43. The third-order valence-electron chi connectivity index (χ3n) is 2.96. The zero-order valence-corrected chi connectivity index (χ0v) is 13.5. The number of thiol groups is 1. The highest BCUT2D eigenvalue weighted by Crippen LogP contribution is 2.07. The molecule has 116 valence electrons. The highest BCUT2D eigenvalue weighted by atomic mass is 32.1. The van der Waals surface area contributed by atoms with Crippen LogP contribution in [0.2, 0.25) is 0 Å². The zero-order chi connectivity index (χ0) is 14.0. The van der Waals surface area contributed by atoms with Crippen LogP contribution in [0.3, 0.4) is 0 Å². The molecule has 0 aromatic rings. The standard InChI is InChI=1S/C15H32O3S/c1-16-10-9-12-18-14-13-17-11-7-5-3-2-4-6-8-15-19/h19H,2-15H2,1H3. The molecule has 19 heavy (non-hydrogen) atoms. The van der Waals surface area contributed by atoms with E-state index in [1.165, 1.54) is 44.9 Å². The molecule has 0 unspecified atom stereocenters. The van der Waals surface area contributed by atoms with Crippen molar-refractivity contribution in [2.75, 3.05) is 45.9 Å². The van der Waals surface area contributed by atoms with E-state index in [1.807, 2.05) is 0 Å². The van der Waals surface area contributed by atoms with Crippen LogP contribution in [-0.2, 0) is 14.2 Å². The second-order valence-corrected chi connectivity index (χ2v) is 5.22. The molecule has 0 radical (unpaired) electrons. The van der Waals surface area contributed by atoms with Crippen molar-refractivity contribution >= 4 is 12.6 Å². The predicted molar refractivity (Wildman–Crippen MR) is 84.3 cm³/mol. The van der Waals surface area contributed by atoms with Gasteiger partial charge in [-0.2, -0.15) is 12.6 Å². The van der Waals surface area contributed by atoms with Gasteiger partial charge in [-0.1, -0.05) is 32.1 Å². The van der Waals surface area contributed by atoms with E-state index < -0.39 is 0 Å². The molecule has 0 amide bonds. The third-order valence-corrected chi connectivity index (χ3v) is 3.27. The fourth-order valence-corrected chi connectivity index (χ4v) is 2.05. The summed E-state index contributed by atoms with van der Waals surface area (Å²) in [5, 5.41) is 0. The molecule has 0 atom stereocenters. The van der Waals surface area contributed by atoms with Gasteiger partial charge in [0.1, 0.15) is 0 Å². The first-order chi connectivity index (χ1) is 9.41. The van der Waals surface area contributed by atoms with Crippen LogP contribution in [0.15, 0.2) is 0 Å². The van der Waals surface area contributed by atoms with Gasteiger partial charge >= 0.3 is 0 Å². The van der Waals surface area contributed by atoms with E-state index in [1.54, 1.807) is 7.11 Å². The molecule has 0 heterocycles. The Labute approximate surface area is 124 Å². The summed E-state index contributed by atoms with van der Waals surface area (Å²) in [4.78, 5) is 0. The van der Waals surface area contributed by atoms with Gasteiger partial charge in [0, 0.05) is 26.9 Å². The molecule has 4 heteroatoms. The van der Waals surface area contributed by atoms with Crippen LogP contribution in [0, 0.1) is 0 Å². The second-order valence-electron chi connectivity index (χ2n) is 4.77. The van der Waals surface area contributed by atoms with Crippen molar-refractivity contribution in [2.24, 2.45) is 0 Å². The van der Waals surface area contributed by atoms with Gasteiger partial charge in [0.15, 0.2) is 0 Å². The molecule has 0 aliphatic heterocycles. The van der Waals surface area contributed by atoms with Crippen LogP contribution >= 0.6 is 12.6 Å². The Morgan fingerprint density at radius 3 is 1.68 bits per heavy atom. The number of hydrogen-bond acceptors (Lipinski definition) is 4. The summed E-state index contributed by atoms with van der Waals surface area (Å²) in [6.45, 7) is 3.83. The van der Waals surface area contributed by atoms with Gasteiger partial charge in [-0.3, -0.25) is 0 Å². The minimum atomic E-state index is 0.702. The molecule has 0 rings (SSSR count). The van der Waals surface area contributed by atoms with Crippen molar-refractivity contribution in [2.45, 2.75) is 51.4 Å². The molecule has 0 spiro atoms. The van der Waals surface area contributed by atoms with E-state index in [9.17, 15) is 0 Å². The number of hydrogen-bond donors (Lipinski definition) is 1. The molecule has 0 aliphatic carbocycles. The summed E-state index contributed by atoms with van der Waals surface area (Å²) in [6.07, 6.45) is 10.1. The Balaban J connectivity index is 2.88. The molecule has 0 saturated heterocycles. The normalized spacial score (nSPS) is 11.1. The van der Waals surface area contributed by atoms with Gasteiger partial charge in [0.2, 0.25) is 0 Å². The molecule has 0 saturated carbocycles. The van der Waals surface area contributed by atoms with Crippen molar-refractivity contribution in [3.63, 3.8) is 0 Å². The van der Waals surface area contributed by atoms with Gasteiger partial charge in [-0.05, 0) is 25.0 Å². The Morgan fingerprint density at radius 1 is 0.579 bits per heavy atom. The summed E-state index contributed by atoms with van der Waals surface area (Å²) in [5.74, 6) is 1.03. The van der Waals surface area contributed by atoms with Crippen LogP contribution < -0.4 is 0 Å². The van der Waals surface area contributed by atoms with Crippen LogP contribution in [0.4, 0.5) is 0 Å². The maximum atomic E-state index is 5.52. The fourth-order valence-electron chi connectivity index (χ4n) is 1.83. The first-order valence-corrected chi connectivity index (χ1v) is 8.30. The van der Waals surface area contributed by atoms with Gasteiger partial charge in [0.25, 0.3) is 0 Å². The summed E-state index contributed by atoms with van der Waals surface area (Å²) in [5.41, 5.74) is 0. The van der Waals surface area contributed by atoms with Gasteiger partial charge in [-0.15, -0.1) is 0 Å². The Hall–Kier alpha value is 0.230. The summed E-state index contributed by atoms with van der Waals surface area (Å²) in [6, 6.07) is 0. The van der Waals surface area contributed by atoms with Crippen molar-refractivity contribution in [1.29, 1.82) is 0 Å². The van der Waals surface area contributed by atoms with Crippen molar-refractivity contribution in [1.82, 2.24) is 0 Å². The Kier molecular flexibility index (Phi) is 18.5. The molecule has 0 aromatic heterocycles. The third kappa shape index (κ3) is 18.2. The van der Waals surface area contributed by atoms with E-state index in [4.69, 9.17) is 14.2 Å². The SMILES string of the molecule is COCCCOCCOCCCCCCCCCS.